The summed E-state index contributed by atoms with van der Waals surface area (Å²) < 4.78 is 40.3. The maximum atomic E-state index is 13.4. The quantitative estimate of drug-likeness (QED) is 0.593. The van der Waals surface area contributed by atoms with E-state index in [1.165, 1.54) is 16.7 Å². The molecule has 4 heterocycles. The van der Waals surface area contributed by atoms with Crippen molar-refractivity contribution >= 4 is 12.0 Å². The zero-order chi connectivity index (χ0) is 23.2. The molecule has 10 heteroatoms. The molecule has 0 unspecified atom stereocenters. The topological polar surface area (TPSA) is 78.6 Å². The summed E-state index contributed by atoms with van der Waals surface area (Å²) in [6.45, 7) is 2.97. The number of imidazole rings is 1. The van der Waals surface area contributed by atoms with Gasteiger partial charge in [-0.05, 0) is 37.3 Å². The molecular weight excluding hydrogens is 434 g/mol. The van der Waals surface area contributed by atoms with E-state index in [9.17, 15) is 18.4 Å². The second-order valence-corrected chi connectivity index (χ2v) is 7.79. The first kappa shape index (κ1) is 20.9. The van der Waals surface area contributed by atoms with Crippen molar-refractivity contribution in [1.82, 2.24) is 19.0 Å². The van der Waals surface area contributed by atoms with Gasteiger partial charge in [0.1, 0.15) is 29.5 Å². The number of aryl methyl sites for hydroxylation is 1. The van der Waals surface area contributed by atoms with Gasteiger partial charge < -0.3 is 23.5 Å². The molecule has 2 aliphatic heterocycles. The van der Waals surface area contributed by atoms with E-state index in [2.05, 4.69) is 9.72 Å². The Morgan fingerprint density at radius 3 is 2.82 bits per heavy atom. The van der Waals surface area contributed by atoms with E-state index in [0.29, 0.717) is 41.9 Å². The van der Waals surface area contributed by atoms with E-state index in [0.717, 1.165) is 5.69 Å². The fraction of sp³-hybridized carbons (Fsp3) is 0.261. The third-order valence-corrected chi connectivity index (χ3v) is 5.58. The van der Waals surface area contributed by atoms with Crippen LogP contribution in [0, 0.1) is 6.92 Å². The lowest BCUT2D eigenvalue weighted by molar-refractivity contribution is -0.132. The minimum Gasteiger partial charge on any atom is -0.491 e. The molecule has 8 nitrogen and oxygen atoms in total. The number of ether oxygens (including phenoxy) is 2. The molecule has 2 aromatic heterocycles. The summed E-state index contributed by atoms with van der Waals surface area (Å²) in [6.07, 6.45) is 1.90. The van der Waals surface area contributed by atoms with E-state index < -0.39 is 6.11 Å². The Morgan fingerprint density at radius 1 is 1.18 bits per heavy atom. The van der Waals surface area contributed by atoms with Crippen LogP contribution >= 0.6 is 0 Å². The fourth-order valence-electron chi connectivity index (χ4n) is 3.95. The number of pyridine rings is 1. The predicted molar refractivity (Wildman–Crippen MR) is 115 cm³/mol. The molecule has 1 amide bonds. The van der Waals surface area contributed by atoms with Crippen LogP contribution in [-0.4, -0.2) is 50.7 Å². The van der Waals surface area contributed by atoms with Crippen molar-refractivity contribution in [3.8, 4) is 17.2 Å². The Labute approximate surface area is 187 Å². The molecular formula is C23H20F2N4O4. The van der Waals surface area contributed by atoms with Gasteiger partial charge in [0.05, 0.1) is 24.1 Å². The Kier molecular flexibility index (Phi) is 4.99. The Morgan fingerprint density at radius 2 is 2.03 bits per heavy atom. The molecule has 0 saturated heterocycles. The first-order valence-corrected chi connectivity index (χ1v) is 10.4. The van der Waals surface area contributed by atoms with Crippen molar-refractivity contribution in [3.05, 3.63) is 76.2 Å². The van der Waals surface area contributed by atoms with Gasteiger partial charge in [-0.3, -0.25) is 9.59 Å². The normalized spacial score (nSPS) is 16.2. The van der Waals surface area contributed by atoms with Gasteiger partial charge in [0.15, 0.2) is 0 Å². The molecule has 0 atom stereocenters. The van der Waals surface area contributed by atoms with Crippen LogP contribution in [0.3, 0.4) is 0 Å². The highest BCUT2D eigenvalue weighted by molar-refractivity contribution is 5.93. The second kappa shape index (κ2) is 7.88. The molecule has 3 aromatic rings. The highest BCUT2D eigenvalue weighted by atomic mass is 19.3. The summed E-state index contributed by atoms with van der Waals surface area (Å²) in [5, 5.41) is 0. The first-order valence-electron chi connectivity index (χ1n) is 10.4. The second-order valence-electron chi connectivity index (χ2n) is 7.79. The summed E-state index contributed by atoms with van der Waals surface area (Å²) in [7, 11) is 0. The number of fused-ring (bicyclic) bond motifs is 2. The number of aromatic nitrogens is 3. The van der Waals surface area contributed by atoms with Crippen molar-refractivity contribution in [1.29, 1.82) is 0 Å². The number of hydrogen-bond donors (Lipinski definition) is 0. The van der Waals surface area contributed by atoms with Crippen LogP contribution in [0.2, 0.25) is 0 Å². The highest BCUT2D eigenvalue weighted by Crippen LogP contribution is 2.37. The van der Waals surface area contributed by atoms with E-state index in [1.54, 1.807) is 46.3 Å². The van der Waals surface area contributed by atoms with Crippen molar-refractivity contribution in [2.75, 3.05) is 19.7 Å². The van der Waals surface area contributed by atoms with Gasteiger partial charge in [-0.15, -0.1) is 0 Å². The SMILES string of the molecule is Cc1cn(-c2ccc3n(c2=O)CCN(CCOc2cccc4c2C=CC(F)(F)O4)C3=O)cn1. The number of alkyl halides is 2. The molecule has 0 bridgehead atoms. The molecule has 170 valence electrons. The molecule has 0 aliphatic carbocycles. The number of benzene rings is 1. The largest absolute Gasteiger partial charge is 0.491 e. The Balaban J connectivity index is 1.28. The number of halogens is 2. The maximum Gasteiger partial charge on any atom is 0.419 e. The summed E-state index contributed by atoms with van der Waals surface area (Å²) in [4.78, 5) is 31.6. The molecule has 5 rings (SSSR count). The lowest BCUT2D eigenvalue weighted by Gasteiger charge is -2.30. The van der Waals surface area contributed by atoms with E-state index in [-0.39, 0.29) is 30.4 Å². The average molecular weight is 454 g/mol. The van der Waals surface area contributed by atoms with E-state index in [4.69, 9.17) is 4.74 Å². The van der Waals surface area contributed by atoms with Gasteiger partial charge in [-0.2, -0.15) is 8.78 Å². The van der Waals surface area contributed by atoms with Crippen LogP contribution in [0.1, 0.15) is 21.7 Å². The van der Waals surface area contributed by atoms with Crippen LogP contribution in [-0.2, 0) is 6.54 Å². The van der Waals surface area contributed by atoms with Crippen molar-refractivity contribution in [2.24, 2.45) is 0 Å². The summed E-state index contributed by atoms with van der Waals surface area (Å²) in [6, 6.07) is 7.92. The van der Waals surface area contributed by atoms with Gasteiger partial charge in [0, 0.05) is 25.4 Å². The highest BCUT2D eigenvalue weighted by Gasteiger charge is 2.33. The number of nitrogens with zero attached hydrogens (tertiary/aromatic N) is 4. The minimum atomic E-state index is -3.35. The van der Waals surface area contributed by atoms with Crippen molar-refractivity contribution < 1.29 is 23.0 Å². The van der Waals surface area contributed by atoms with Crippen molar-refractivity contribution in [2.45, 2.75) is 19.6 Å². The lowest BCUT2D eigenvalue weighted by Crippen LogP contribution is -2.46. The standard InChI is InChI=1S/C23H20F2N4O4/c1-15-13-28(14-26-15)17-5-6-18-21(30)27(9-10-29(18)22(17)31)11-12-32-19-3-2-4-20-16(19)7-8-23(24,25)33-20/h2-8,13-14H,9-12H2,1H3. The smallest absolute Gasteiger partial charge is 0.419 e. The fourth-order valence-corrected chi connectivity index (χ4v) is 3.95. The van der Waals surface area contributed by atoms with Gasteiger partial charge in [-0.25, -0.2) is 4.98 Å². The molecule has 1 aromatic carbocycles. The third-order valence-electron chi connectivity index (χ3n) is 5.58. The third kappa shape index (κ3) is 3.88. The number of amides is 1. The summed E-state index contributed by atoms with van der Waals surface area (Å²) >= 11 is 0. The molecule has 0 radical (unpaired) electrons. The van der Waals surface area contributed by atoms with Crippen molar-refractivity contribution in [3.63, 3.8) is 0 Å². The van der Waals surface area contributed by atoms with Gasteiger partial charge in [-0.1, -0.05) is 6.07 Å². The maximum absolute atomic E-state index is 13.4. The minimum absolute atomic E-state index is 0.0336. The zero-order valence-corrected chi connectivity index (χ0v) is 17.7. The first-order chi connectivity index (χ1) is 15.8. The van der Waals surface area contributed by atoms with Gasteiger partial charge in [0.25, 0.3) is 11.5 Å². The molecule has 33 heavy (non-hydrogen) atoms. The van der Waals surface area contributed by atoms with E-state index >= 15 is 0 Å². The number of hydrogen-bond acceptors (Lipinski definition) is 5. The van der Waals surface area contributed by atoms with Crippen LogP contribution in [0.5, 0.6) is 11.5 Å². The van der Waals surface area contributed by atoms with Crippen LogP contribution < -0.4 is 15.0 Å². The average Bonchev–Trinajstić information content (AvgIpc) is 3.21. The number of rotatable bonds is 5. The monoisotopic (exact) mass is 454 g/mol. The molecule has 0 fully saturated rings. The van der Waals surface area contributed by atoms with E-state index in [1.807, 2.05) is 6.92 Å². The van der Waals surface area contributed by atoms with Crippen LogP contribution in [0.4, 0.5) is 8.78 Å². The van der Waals surface area contributed by atoms with Crippen LogP contribution in [0.15, 0.2) is 53.7 Å². The van der Waals surface area contributed by atoms with Crippen LogP contribution in [0.25, 0.3) is 11.8 Å². The lowest BCUT2D eigenvalue weighted by atomic mass is 10.1. The van der Waals surface area contributed by atoms with Gasteiger partial charge >= 0.3 is 6.11 Å². The number of carbonyl (C=O) groups is 1. The summed E-state index contributed by atoms with van der Waals surface area (Å²) in [5.41, 5.74) is 1.69. The Bertz CT molecular complexity index is 1330. The molecule has 0 saturated carbocycles. The predicted octanol–water partition coefficient (Wildman–Crippen LogP) is 2.88. The molecule has 0 N–H and O–H groups in total. The number of carbonyl (C=O) groups excluding carboxylic acids is 1. The summed E-state index contributed by atoms with van der Waals surface area (Å²) in [5.74, 6) is 0.153. The zero-order valence-electron chi connectivity index (χ0n) is 17.7. The molecule has 0 spiro atoms. The van der Waals surface area contributed by atoms with Gasteiger partial charge in [0.2, 0.25) is 0 Å². The molecule has 2 aliphatic rings. The Hall–Kier alpha value is -3.95.